The van der Waals surface area contributed by atoms with Gasteiger partial charge in [-0.25, -0.2) is 0 Å². The summed E-state index contributed by atoms with van der Waals surface area (Å²) in [5.74, 6) is 0. The fourth-order valence-corrected chi connectivity index (χ4v) is 2.90. The van der Waals surface area contributed by atoms with Crippen LogP contribution in [0.2, 0.25) is 0 Å². The molecule has 112 valence electrons. The third kappa shape index (κ3) is 5.09. The number of hydrogen-bond acceptors (Lipinski definition) is 4. The van der Waals surface area contributed by atoms with Crippen molar-refractivity contribution in [2.75, 3.05) is 46.6 Å². The van der Waals surface area contributed by atoms with E-state index in [1.54, 1.807) is 11.8 Å². The van der Waals surface area contributed by atoms with Crippen LogP contribution in [0.4, 0.5) is 0 Å². The maximum absolute atomic E-state index is 5.86. The fourth-order valence-electron chi connectivity index (χ4n) is 2.49. The van der Waals surface area contributed by atoms with Gasteiger partial charge in [-0.15, -0.1) is 11.8 Å². The van der Waals surface area contributed by atoms with Crippen LogP contribution in [0.3, 0.4) is 0 Å². The Kier molecular flexibility index (Phi) is 6.36. The lowest BCUT2D eigenvalue weighted by Crippen LogP contribution is -2.42. The van der Waals surface area contributed by atoms with Gasteiger partial charge in [-0.3, -0.25) is 4.90 Å². The maximum atomic E-state index is 5.86. The molecule has 0 saturated carbocycles. The molecular formula is C16H26N2OS. The van der Waals surface area contributed by atoms with E-state index in [0.29, 0.717) is 6.10 Å². The summed E-state index contributed by atoms with van der Waals surface area (Å²) in [5, 5.41) is 0. The van der Waals surface area contributed by atoms with E-state index in [9.17, 15) is 0 Å². The van der Waals surface area contributed by atoms with Crippen molar-refractivity contribution in [3.8, 4) is 0 Å². The third-order valence-corrected chi connectivity index (χ3v) is 4.43. The molecule has 4 heteroatoms. The van der Waals surface area contributed by atoms with Crippen molar-refractivity contribution in [3.05, 3.63) is 29.8 Å². The van der Waals surface area contributed by atoms with Gasteiger partial charge in [0.2, 0.25) is 0 Å². The summed E-state index contributed by atoms with van der Waals surface area (Å²) >= 11 is 1.79. The summed E-state index contributed by atoms with van der Waals surface area (Å²) < 4.78 is 5.86. The minimum atomic E-state index is 0.386. The van der Waals surface area contributed by atoms with Crippen molar-refractivity contribution in [1.29, 1.82) is 0 Å². The minimum Gasteiger partial charge on any atom is -0.376 e. The lowest BCUT2D eigenvalue weighted by molar-refractivity contribution is -0.0370. The molecule has 1 heterocycles. The van der Waals surface area contributed by atoms with Gasteiger partial charge in [-0.05, 0) is 44.5 Å². The molecule has 1 aromatic rings. The Hall–Kier alpha value is -0.550. The van der Waals surface area contributed by atoms with Crippen LogP contribution < -0.4 is 0 Å². The number of nitrogens with zero attached hydrogens (tertiary/aromatic N) is 2. The van der Waals surface area contributed by atoms with Crippen molar-refractivity contribution >= 4 is 11.8 Å². The van der Waals surface area contributed by atoms with E-state index in [1.807, 2.05) is 0 Å². The summed E-state index contributed by atoms with van der Waals surface area (Å²) in [5.41, 5.74) is 1.40. The molecule has 1 unspecified atom stereocenters. The van der Waals surface area contributed by atoms with Crippen molar-refractivity contribution < 1.29 is 4.74 Å². The van der Waals surface area contributed by atoms with E-state index in [0.717, 1.165) is 39.2 Å². The van der Waals surface area contributed by atoms with Crippen molar-refractivity contribution in [2.24, 2.45) is 0 Å². The second-order valence-corrected chi connectivity index (χ2v) is 6.55. The van der Waals surface area contributed by atoms with Gasteiger partial charge in [0.25, 0.3) is 0 Å². The smallest absolute Gasteiger partial charge is 0.0714 e. The van der Waals surface area contributed by atoms with Gasteiger partial charge in [0.15, 0.2) is 0 Å². The number of rotatable bonds is 6. The highest BCUT2D eigenvalue weighted by molar-refractivity contribution is 7.98. The van der Waals surface area contributed by atoms with Crippen LogP contribution in [0, 0.1) is 0 Å². The first-order chi connectivity index (χ1) is 9.67. The average Bonchev–Trinajstić information content (AvgIpc) is 2.46. The Balaban J connectivity index is 1.82. The van der Waals surface area contributed by atoms with Gasteiger partial charge in [0, 0.05) is 31.1 Å². The molecule has 0 spiro atoms. The first kappa shape index (κ1) is 15.8. The Labute approximate surface area is 127 Å². The summed E-state index contributed by atoms with van der Waals surface area (Å²) in [6, 6.07) is 8.92. The van der Waals surface area contributed by atoms with Gasteiger partial charge < -0.3 is 9.64 Å². The van der Waals surface area contributed by atoms with Crippen LogP contribution in [0.5, 0.6) is 0 Å². The van der Waals surface area contributed by atoms with Crippen molar-refractivity contribution in [1.82, 2.24) is 9.80 Å². The molecule has 2 rings (SSSR count). The van der Waals surface area contributed by atoms with Crippen LogP contribution >= 0.6 is 11.8 Å². The summed E-state index contributed by atoms with van der Waals surface area (Å²) in [6.07, 6.45) is 3.62. The predicted octanol–water partition coefficient (Wildman–Crippen LogP) is 2.56. The third-order valence-electron chi connectivity index (χ3n) is 3.69. The van der Waals surface area contributed by atoms with E-state index >= 15 is 0 Å². The largest absolute Gasteiger partial charge is 0.376 e. The average molecular weight is 294 g/mol. The van der Waals surface area contributed by atoms with Gasteiger partial charge in [-0.2, -0.15) is 0 Å². The molecule has 0 aliphatic carbocycles. The van der Waals surface area contributed by atoms with Crippen molar-refractivity contribution in [2.45, 2.75) is 24.0 Å². The molecule has 0 amide bonds. The molecule has 0 N–H and O–H groups in total. The highest BCUT2D eigenvalue weighted by atomic mass is 32.2. The van der Waals surface area contributed by atoms with Crippen LogP contribution in [0.1, 0.15) is 12.0 Å². The Morgan fingerprint density at radius 3 is 2.70 bits per heavy atom. The zero-order chi connectivity index (χ0) is 14.4. The summed E-state index contributed by atoms with van der Waals surface area (Å²) in [7, 11) is 4.24. The van der Waals surface area contributed by atoms with Gasteiger partial charge in [-0.1, -0.05) is 12.1 Å². The number of benzene rings is 1. The molecule has 0 radical (unpaired) electrons. The Morgan fingerprint density at radius 2 is 2.05 bits per heavy atom. The number of ether oxygens (including phenoxy) is 1. The van der Waals surface area contributed by atoms with Gasteiger partial charge in [0.05, 0.1) is 12.7 Å². The van der Waals surface area contributed by atoms with Crippen molar-refractivity contribution in [3.63, 3.8) is 0 Å². The quantitative estimate of drug-likeness (QED) is 0.749. The Morgan fingerprint density at radius 1 is 1.30 bits per heavy atom. The van der Waals surface area contributed by atoms with E-state index in [2.05, 4.69) is 54.4 Å². The SMILES string of the molecule is CSc1ccc(CN2CCOC(CCN(C)C)C2)cc1. The van der Waals surface area contributed by atoms with Gasteiger partial charge >= 0.3 is 0 Å². The second kappa shape index (κ2) is 8.03. The normalized spacial score (nSPS) is 20.5. The molecule has 1 aliphatic rings. The lowest BCUT2D eigenvalue weighted by Gasteiger charge is -2.33. The first-order valence-electron chi connectivity index (χ1n) is 7.29. The predicted molar refractivity (Wildman–Crippen MR) is 86.4 cm³/mol. The topological polar surface area (TPSA) is 15.7 Å². The molecule has 1 aromatic carbocycles. The van der Waals surface area contributed by atoms with Crippen LogP contribution in [0.15, 0.2) is 29.2 Å². The molecule has 1 fully saturated rings. The van der Waals surface area contributed by atoms with Gasteiger partial charge in [0.1, 0.15) is 0 Å². The molecule has 0 aromatic heterocycles. The number of morpholine rings is 1. The summed E-state index contributed by atoms with van der Waals surface area (Å²) in [4.78, 5) is 6.07. The second-order valence-electron chi connectivity index (χ2n) is 5.67. The first-order valence-corrected chi connectivity index (χ1v) is 8.51. The van der Waals surface area contributed by atoms with Crippen LogP contribution in [0.25, 0.3) is 0 Å². The molecule has 1 saturated heterocycles. The monoisotopic (exact) mass is 294 g/mol. The highest BCUT2D eigenvalue weighted by Crippen LogP contribution is 2.17. The molecule has 20 heavy (non-hydrogen) atoms. The zero-order valence-electron chi connectivity index (χ0n) is 12.8. The van der Waals surface area contributed by atoms with E-state index < -0.39 is 0 Å². The van der Waals surface area contributed by atoms with Crippen LogP contribution in [-0.2, 0) is 11.3 Å². The summed E-state index contributed by atoms with van der Waals surface area (Å²) in [6.45, 7) is 5.10. The Bertz CT molecular complexity index is 394. The lowest BCUT2D eigenvalue weighted by atomic mass is 10.1. The van der Waals surface area contributed by atoms with E-state index in [-0.39, 0.29) is 0 Å². The number of thioether (sulfide) groups is 1. The molecule has 1 aliphatic heterocycles. The zero-order valence-corrected chi connectivity index (χ0v) is 13.7. The van der Waals surface area contributed by atoms with Crippen LogP contribution in [-0.4, -0.2) is 62.5 Å². The fraction of sp³-hybridized carbons (Fsp3) is 0.625. The standard InChI is InChI=1S/C16H26N2OS/c1-17(2)9-8-15-13-18(10-11-19-15)12-14-4-6-16(20-3)7-5-14/h4-7,15H,8-13H2,1-3H3. The van der Waals surface area contributed by atoms with E-state index in [4.69, 9.17) is 4.74 Å². The number of hydrogen-bond donors (Lipinski definition) is 0. The maximum Gasteiger partial charge on any atom is 0.0714 e. The molecule has 0 bridgehead atoms. The highest BCUT2D eigenvalue weighted by Gasteiger charge is 2.20. The molecule has 1 atom stereocenters. The molecule has 3 nitrogen and oxygen atoms in total. The minimum absolute atomic E-state index is 0.386. The van der Waals surface area contributed by atoms with E-state index in [1.165, 1.54) is 10.5 Å². The molecular weight excluding hydrogens is 268 g/mol.